The van der Waals surface area contributed by atoms with Crippen LogP contribution in [0.25, 0.3) is 17.0 Å². The van der Waals surface area contributed by atoms with Gasteiger partial charge < -0.3 is 10.1 Å². The molecular weight excluding hydrogens is 318 g/mol. The number of H-pyrrole nitrogens is 1. The van der Waals surface area contributed by atoms with Crippen molar-refractivity contribution in [2.24, 2.45) is 0 Å². The van der Waals surface area contributed by atoms with Crippen LogP contribution in [0.3, 0.4) is 0 Å². The maximum absolute atomic E-state index is 12.0. The van der Waals surface area contributed by atoms with Crippen LogP contribution in [0, 0.1) is 6.92 Å². The van der Waals surface area contributed by atoms with Gasteiger partial charge in [0, 0.05) is 23.9 Å². The van der Waals surface area contributed by atoms with Crippen LogP contribution in [0.1, 0.15) is 38.3 Å². The molecule has 1 aromatic carbocycles. The number of fused-ring (bicyclic) bond motifs is 1. The van der Waals surface area contributed by atoms with Crippen LogP contribution in [0.4, 0.5) is 5.69 Å². The third-order valence-electron chi connectivity index (χ3n) is 3.99. The molecule has 2 aromatic heterocycles. The maximum Gasteiger partial charge on any atom is 0.224 e. The first-order valence-electron chi connectivity index (χ1n) is 8.51. The molecule has 7 heteroatoms. The highest BCUT2D eigenvalue weighted by molar-refractivity contribution is 5.91. The molecule has 3 aromatic rings. The summed E-state index contributed by atoms with van der Waals surface area (Å²) in [6, 6.07) is 7.41. The molecule has 7 nitrogen and oxygen atoms in total. The molecule has 0 fully saturated rings. The van der Waals surface area contributed by atoms with E-state index < -0.39 is 0 Å². The van der Waals surface area contributed by atoms with Crippen molar-refractivity contribution in [3.05, 3.63) is 30.0 Å². The van der Waals surface area contributed by atoms with Crippen LogP contribution < -0.4 is 10.1 Å². The molecule has 2 N–H and O–H groups in total. The summed E-state index contributed by atoms with van der Waals surface area (Å²) >= 11 is 0. The predicted molar refractivity (Wildman–Crippen MR) is 96.8 cm³/mol. The molecule has 25 heavy (non-hydrogen) atoms. The molecule has 0 saturated heterocycles. The number of unbranched alkanes of at least 4 members (excludes halogenated alkanes) is 2. The van der Waals surface area contributed by atoms with Gasteiger partial charge in [0.15, 0.2) is 11.5 Å². The fraction of sp³-hybridized carbons (Fsp3) is 0.389. The minimum absolute atomic E-state index is 0.0186. The smallest absolute Gasteiger partial charge is 0.224 e. The zero-order valence-corrected chi connectivity index (χ0v) is 14.8. The summed E-state index contributed by atoms with van der Waals surface area (Å²) in [5.74, 6) is 1.23. The highest BCUT2D eigenvalue weighted by Crippen LogP contribution is 2.31. The molecule has 1 amide bonds. The van der Waals surface area contributed by atoms with Crippen LogP contribution in [0.5, 0.6) is 5.75 Å². The second-order valence-corrected chi connectivity index (χ2v) is 6.06. The number of amides is 1. The lowest BCUT2D eigenvalue weighted by Crippen LogP contribution is -2.11. The number of carbonyl (C=O) groups is 1. The predicted octanol–water partition coefficient (Wildman–Crippen LogP) is 3.56. The highest BCUT2D eigenvalue weighted by atomic mass is 16.5. The summed E-state index contributed by atoms with van der Waals surface area (Å²) < 4.78 is 7.05. The van der Waals surface area contributed by atoms with Gasteiger partial charge in [-0.3, -0.25) is 9.89 Å². The number of ether oxygens (including phenoxy) is 1. The van der Waals surface area contributed by atoms with Crippen molar-refractivity contribution in [3.8, 4) is 17.1 Å². The Morgan fingerprint density at radius 3 is 2.88 bits per heavy atom. The number of hydrogen-bond acceptors (Lipinski definition) is 4. The van der Waals surface area contributed by atoms with E-state index in [1.54, 1.807) is 11.7 Å². The lowest BCUT2D eigenvalue weighted by molar-refractivity contribution is -0.116. The van der Waals surface area contributed by atoms with Crippen molar-refractivity contribution in [1.29, 1.82) is 0 Å². The number of nitrogens with one attached hydrogen (secondary N) is 2. The molecule has 0 unspecified atom stereocenters. The first kappa shape index (κ1) is 17.0. The van der Waals surface area contributed by atoms with E-state index in [1.165, 1.54) is 0 Å². The van der Waals surface area contributed by atoms with Crippen molar-refractivity contribution in [2.45, 2.75) is 39.5 Å². The average molecular weight is 341 g/mol. The Morgan fingerprint density at radius 1 is 1.32 bits per heavy atom. The van der Waals surface area contributed by atoms with E-state index >= 15 is 0 Å². The second-order valence-electron chi connectivity index (χ2n) is 6.06. The molecule has 2 heterocycles. The topological polar surface area (TPSA) is 84.3 Å². The Balaban J connectivity index is 1.84. The van der Waals surface area contributed by atoms with Crippen LogP contribution in [0.2, 0.25) is 0 Å². The number of nitrogens with zero attached hydrogens (tertiary/aromatic N) is 3. The number of methoxy groups -OCH3 is 1. The van der Waals surface area contributed by atoms with E-state index in [-0.39, 0.29) is 5.91 Å². The quantitative estimate of drug-likeness (QED) is 0.644. The third-order valence-corrected chi connectivity index (χ3v) is 3.99. The summed E-state index contributed by atoms with van der Waals surface area (Å²) in [6.45, 7) is 4.07. The minimum Gasteiger partial charge on any atom is -0.496 e. The highest BCUT2D eigenvalue weighted by Gasteiger charge is 2.14. The zero-order chi connectivity index (χ0) is 17.8. The van der Waals surface area contributed by atoms with Gasteiger partial charge in [0.2, 0.25) is 5.91 Å². The molecule has 0 radical (unpaired) electrons. The normalized spacial score (nSPS) is 11.0. The number of anilines is 1. The number of hydrogen-bond donors (Lipinski definition) is 2. The minimum atomic E-state index is 0.0186. The van der Waals surface area contributed by atoms with Gasteiger partial charge in [-0.25, -0.2) is 4.98 Å². The Morgan fingerprint density at radius 2 is 2.16 bits per heavy atom. The van der Waals surface area contributed by atoms with Gasteiger partial charge in [0.25, 0.3) is 0 Å². The van der Waals surface area contributed by atoms with E-state index in [0.29, 0.717) is 23.7 Å². The van der Waals surface area contributed by atoms with Gasteiger partial charge in [-0.2, -0.15) is 4.63 Å². The molecular formula is C18H23N5O2. The number of rotatable bonds is 7. The molecule has 0 bridgehead atoms. The summed E-state index contributed by atoms with van der Waals surface area (Å²) in [6.07, 6.45) is 3.59. The van der Waals surface area contributed by atoms with E-state index in [2.05, 4.69) is 27.4 Å². The number of benzene rings is 1. The van der Waals surface area contributed by atoms with Crippen LogP contribution >= 0.6 is 0 Å². The van der Waals surface area contributed by atoms with E-state index in [9.17, 15) is 4.79 Å². The molecule has 132 valence electrons. The number of aromatic amines is 1. The van der Waals surface area contributed by atoms with Crippen molar-refractivity contribution < 1.29 is 9.53 Å². The standard InChI is InChI=1S/C18H23N5O2/c1-4-5-6-7-17(24)19-13-8-9-15(25-3)14(11-13)18-20-16-10-12(2)21-23(16)22-18/h8-11,21H,4-7H2,1-3H3,(H,19,24). The Bertz CT molecular complexity index is 849. The first-order chi connectivity index (χ1) is 12.1. The summed E-state index contributed by atoms with van der Waals surface area (Å²) in [7, 11) is 1.61. The van der Waals surface area contributed by atoms with E-state index in [0.717, 1.165) is 36.2 Å². The SMILES string of the molecule is CCCCCC(=O)Nc1ccc(OC)c(-c2nc3cc(C)[nH]n3n2)c1. The molecule has 0 spiro atoms. The van der Waals surface area contributed by atoms with Crippen LogP contribution in [-0.4, -0.2) is 32.8 Å². The second kappa shape index (κ2) is 7.38. The molecule has 3 rings (SSSR count). The van der Waals surface area contributed by atoms with Gasteiger partial charge in [0.05, 0.1) is 12.7 Å². The summed E-state index contributed by atoms with van der Waals surface area (Å²) in [5, 5.41) is 10.5. The van der Waals surface area contributed by atoms with Gasteiger partial charge in [-0.1, -0.05) is 19.8 Å². The largest absolute Gasteiger partial charge is 0.496 e. The van der Waals surface area contributed by atoms with Gasteiger partial charge in [0.1, 0.15) is 5.75 Å². The monoisotopic (exact) mass is 341 g/mol. The number of aryl methyl sites for hydroxylation is 1. The van der Waals surface area contributed by atoms with E-state index in [1.807, 2.05) is 31.2 Å². The van der Waals surface area contributed by atoms with Crippen molar-refractivity contribution in [3.63, 3.8) is 0 Å². The first-order valence-corrected chi connectivity index (χ1v) is 8.51. The van der Waals surface area contributed by atoms with Crippen LogP contribution in [0.15, 0.2) is 24.3 Å². The van der Waals surface area contributed by atoms with Gasteiger partial charge in [-0.15, -0.1) is 5.10 Å². The van der Waals surface area contributed by atoms with Crippen molar-refractivity contribution in [2.75, 3.05) is 12.4 Å². The Hall–Kier alpha value is -2.83. The Labute approximate surface area is 146 Å². The molecule has 0 atom stereocenters. The number of aromatic nitrogens is 4. The summed E-state index contributed by atoms with van der Waals surface area (Å²) in [5.41, 5.74) is 3.18. The fourth-order valence-electron chi connectivity index (χ4n) is 2.73. The fourth-order valence-corrected chi connectivity index (χ4v) is 2.73. The maximum atomic E-state index is 12.0. The zero-order valence-electron chi connectivity index (χ0n) is 14.8. The van der Waals surface area contributed by atoms with Gasteiger partial charge >= 0.3 is 0 Å². The lowest BCUT2D eigenvalue weighted by Gasteiger charge is -2.10. The van der Waals surface area contributed by atoms with Crippen molar-refractivity contribution >= 4 is 17.2 Å². The van der Waals surface area contributed by atoms with Crippen LogP contribution in [-0.2, 0) is 4.79 Å². The lowest BCUT2D eigenvalue weighted by atomic mass is 10.1. The Kier molecular flexibility index (Phi) is 5.02. The van der Waals surface area contributed by atoms with Gasteiger partial charge in [-0.05, 0) is 31.5 Å². The van der Waals surface area contributed by atoms with E-state index in [4.69, 9.17) is 4.74 Å². The molecule has 0 saturated carbocycles. The third kappa shape index (κ3) is 3.81. The average Bonchev–Trinajstić information content (AvgIpc) is 3.12. The molecule has 0 aliphatic carbocycles. The summed E-state index contributed by atoms with van der Waals surface area (Å²) in [4.78, 5) is 16.6. The molecule has 0 aliphatic heterocycles. The van der Waals surface area contributed by atoms with Crippen molar-refractivity contribution in [1.82, 2.24) is 19.8 Å². The molecule has 0 aliphatic rings. The number of carbonyl (C=O) groups excluding carboxylic acids is 1.